The lowest BCUT2D eigenvalue weighted by Gasteiger charge is -2.19. The van der Waals surface area contributed by atoms with Gasteiger partial charge in [0.15, 0.2) is 6.10 Å². The van der Waals surface area contributed by atoms with Gasteiger partial charge < -0.3 is 10.1 Å². The number of halogens is 2. The summed E-state index contributed by atoms with van der Waals surface area (Å²) < 4.78 is 32.0. The Bertz CT molecular complexity index is 1250. The molecule has 0 aliphatic rings. The monoisotopic (exact) mass is 506 g/mol. The molecule has 7 nitrogen and oxygen atoms in total. The average Bonchev–Trinajstić information content (AvgIpc) is 2.78. The minimum Gasteiger partial charge on any atom is -0.449 e. The van der Waals surface area contributed by atoms with Gasteiger partial charge in [0, 0.05) is 22.8 Å². The zero-order valence-electron chi connectivity index (χ0n) is 17.7. The first kappa shape index (κ1) is 24.6. The van der Waals surface area contributed by atoms with E-state index in [1.54, 1.807) is 30.3 Å². The molecule has 3 aromatic rings. The van der Waals surface area contributed by atoms with Crippen LogP contribution in [0.4, 0.5) is 11.4 Å². The van der Waals surface area contributed by atoms with E-state index in [2.05, 4.69) is 5.32 Å². The Balaban J connectivity index is 1.66. The highest BCUT2D eigenvalue weighted by Gasteiger charge is 2.23. The molecule has 0 radical (unpaired) electrons. The molecule has 1 N–H and O–H groups in total. The lowest BCUT2D eigenvalue weighted by molar-refractivity contribution is -0.123. The number of carbonyl (C=O) groups is 2. The number of amides is 1. The number of esters is 1. The lowest BCUT2D eigenvalue weighted by Crippen LogP contribution is -2.30. The molecule has 1 unspecified atom stereocenters. The van der Waals surface area contributed by atoms with E-state index < -0.39 is 28.0 Å². The Morgan fingerprint density at radius 2 is 1.52 bits per heavy atom. The number of ether oxygens (including phenoxy) is 1. The third-order valence-electron chi connectivity index (χ3n) is 4.65. The minimum atomic E-state index is -3.82. The number of nitrogens with one attached hydrogen (secondary N) is 1. The summed E-state index contributed by atoms with van der Waals surface area (Å²) in [6.07, 6.45) is -1.12. The van der Waals surface area contributed by atoms with Crippen molar-refractivity contribution >= 4 is 56.5 Å². The van der Waals surface area contributed by atoms with E-state index in [-0.39, 0.29) is 10.5 Å². The molecule has 0 aliphatic carbocycles. The predicted octanol–water partition coefficient (Wildman–Crippen LogP) is 5.00. The fourth-order valence-electron chi connectivity index (χ4n) is 2.85. The smallest absolute Gasteiger partial charge is 0.338 e. The Morgan fingerprint density at radius 3 is 2.09 bits per heavy atom. The molecule has 0 aromatic heterocycles. The largest absolute Gasteiger partial charge is 0.449 e. The number of anilines is 2. The number of nitrogens with zero attached hydrogens (tertiary/aromatic N) is 1. The van der Waals surface area contributed by atoms with Gasteiger partial charge in [-0.25, -0.2) is 13.2 Å². The van der Waals surface area contributed by atoms with Crippen LogP contribution < -0.4 is 9.62 Å². The number of para-hydroxylation sites is 1. The SMILES string of the molecule is CC(OC(=O)c1ccc(S(=O)(=O)N(C)c2ccccc2)cc1)C(=O)Nc1cc(Cl)cc(Cl)c1. The van der Waals surface area contributed by atoms with E-state index >= 15 is 0 Å². The van der Waals surface area contributed by atoms with Crippen molar-refractivity contribution in [3.63, 3.8) is 0 Å². The maximum absolute atomic E-state index is 12.8. The average molecular weight is 507 g/mol. The van der Waals surface area contributed by atoms with Crippen LogP contribution >= 0.6 is 23.2 Å². The summed E-state index contributed by atoms with van der Waals surface area (Å²) in [5, 5.41) is 3.25. The van der Waals surface area contributed by atoms with E-state index in [1.165, 1.54) is 56.4 Å². The van der Waals surface area contributed by atoms with Gasteiger partial charge in [-0.15, -0.1) is 0 Å². The van der Waals surface area contributed by atoms with E-state index in [4.69, 9.17) is 27.9 Å². The summed E-state index contributed by atoms with van der Waals surface area (Å²) in [5.74, 6) is -1.35. The quantitative estimate of drug-likeness (QED) is 0.455. The highest BCUT2D eigenvalue weighted by atomic mass is 35.5. The van der Waals surface area contributed by atoms with E-state index in [9.17, 15) is 18.0 Å². The molecule has 172 valence electrons. The molecule has 33 heavy (non-hydrogen) atoms. The standard InChI is InChI=1S/C23H20Cl2N2O5S/c1-15(22(28)26-19-13-17(24)12-18(25)14-19)32-23(29)16-8-10-21(11-9-16)33(30,31)27(2)20-6-4-3-5-7-20/h3-15H,1-2H3,(H,26,28). The van der Waals surface area contributed by atoms with E-state index in [0.29, 0.717) is 21.4 Å². The van der Waals surface area contributed by atoms with Crippen LogP contribution in [0.1, 0.15) is 17.3 Å². The molecule has 3 rings (SSSR count). The maximum Gasteiger partial charge on any atom is 0.338 e. The Labute approximate surface area is 201 Å². The van der Waals surface area contributed by atoms with Gasteiger partial charge in [-0.1, -0.05) is 41.4 Å². The van der Waals surface area contributed by atoms with Gasteiger partial charge in [0.05, 0.1) is 16.1 Å². The minimum absolute atomic E-state index is 0.00836. The van der Waals surface area contributed by atoms with Crippen LogP contribution in [0.15, 0.2) is 77.7 Å². The van der Waals surface area contributed by atoms with Crippen LogP contribution in [0.25, 0.3) is 0 Å². The van der Waals surface area contributed by atoms with Crippen LogP contribution in [0.2, 0.25) is 10.0 Å². The third-order valence-corrected chi connectivity index (χ3v) is 6.89. The normalized spacial score (nSPS) is 12.0. The maximum atomic E-state index is 12.8. The first-order valence-corrected chi connectivity index (χ1v) is 11.9. The Hall–Kier alpha value is -3.07. The Kier molecular flexibility index (Phi) is 7.63. The van der Waals surface area contributed by atoms with E-state index in [0.717, 1.165) is 4.31 Å². The van der Waals surface area contributed by atoms with Crippen LogP contribution in [0.5, 0.6) is 0 Å². The summed E-state index contributed by atoms with van der Waals surface area (Å²) in [7, 11) is -2.37. The second kappa shape index (κ2) is 10.2. The number of benzene rings is 3. The molecular formula is C23H20Cl2N2O5S. The lowest BCUT2D eigenvalue weighted by atomic mass is 10.2. The van der Waals surface area contributed by atoms with Gasteiger partial charge in [-0.3, -0.25) is 9.10 Å². The molecule has 10 heteroatoms. The molecule has 0 spiro atoms. The molecule has 0 saturated carbocycles. The number of sulfonamides is 1. The molecule has 0 heterocycles. The van der Waals surface area contributed by atoms with Gasteiger partial charge in [0.2, 0.25) is 0 Å². The molecule has 3 aromatic carbocycles. The van der Waals surface area contributed by atoms with Crippen molar-refractivity contribution in [3.05, 3.63) is 88.4 Å². The number of rotatable bonds is 7. The van der Waals surface area contributed by atoms with Gasteiger partial charge in [0.1, 0.15) is 0 Å². The fourth-order valence-corrected chi connectivity index (χ4v) is 4.57. The van der Waals surface area contributed by atoms with Crippen molar-refractivity contribution in [2.24, 2.45) is 0 Å². The van der Waals surface area contributed by atoms with Gasteiger partial charge in [0.25, 0.3) is 15.9 Å². The molecule has 0 fully saturated rings. The molecule has 1 atom stereocenters. The topological polar surface area (TPSA) is 92.8 Å². The molecule has 0 aliphatic heterocycles. The van der Waals surface area contributed by atoms with Crippen molar-refractivity contribution in [1.82, 2.24) is 0 Å². The molecule has 1 amide bonds. The zero-order valence-corrected chi connectivity index (χ0v) is 20.0. The summed E-state index contributed by atoms with van der Waals surface area (Å²) in [5.41, 5.74) is 0.959. The molecule has 0 bridgehead atoms. The van der Waals surface area contributed by atoms with Gasteiger partial charge >= 0.3 is 5.97 Å². The van der Waals surface area contributed by atoms with Crippen molar-refractivity contribution in [2.75, 3.05) is 16.7 Å². The second-order valence-electron chi connectivity index (χ2n) is 7.03. The highest BCUT2D eigenvalue weighted by molar-refractivity contribution is 7.92. The number of carbonyl (C=O) groups excluding carboxylic acids is 2. The Morgan fingerprint density at radius 1 is 0.939 bits per heavy atom. The fraction of sp³-hybridized carbons (Fsp3) is 0.130. The molecule has 0 saturated heterocycles. The summed E-state index contributed by atoms with van der Waals surface area (Å²) in [6.45, 7) is 1.41. The first-order valence-electron chi connectivity index (χ1n) is 9.70. The predicted molar refractivity (Wildman–Crippen MR) is 128 cm³/mol. The number of hydrogen-bond donors (Lipinski definition) is 1. The second-order valence-corrected chi connectivity index (χ2v) is 9.87. The van der Waals surface area contributed by atoms with Crippen molar-refractivity contribution in [2.45, 2.75) is 17.9 Å². The zero-order chi connectivity index (χ0) is 24.2. The van der Waals surface area contributed by atoms with Crippen molar-refractivity contribution in [3.8, 4) is 0 Å². The van der Waals surface area contributed by atoms with Crippen LogP contribution in [-0.4, -0.2) is 33.4 Å². The first-order chi connectivity index (χ1) is 15.6. The van der Waals surface area contributed by atoms with Crippen molar-refractivity contribution < 1.29 is 22.7 Å². The van der Waals surface area contributed by atoms with Crippen LogP contribution in [0, 0.1) is 0 Å². The number of hydrogen-bond acceptors (Lipinski definition) is 5. The van der Waals surface area contributed by atoms with Crippen LogP contribution in [0.3, 0.4) is 0 Å². The molecular weight excluding hydrogens is 487 g/mol. The summed E-state index contributed by atoms with van der Waals surface area (Å²) in [6, 6.07) is 18.4. The summed E-state index contributed by atoms with van der Waals surface area (Å²) in [4.78, 5) is 24.8. The van der Waals surface area contributed by atoms with Gasteiger partial charge in [-0.2, -0.15) is 0 Å². The van der Waals surface area contributed by atoms with Crippen LogP contribution in [-0.2, 0) is 19.6 Å². The third kappa shape index (κ3) is 6.04. The highest BCUT2D eigenvalue weighted by Crippen LogP contribution is 2.24. The van der Waals surface area contributed by atoms with Crippen molar-refractivity contribution in [1.29, 1.82) is 0 Å². The van der Waals surface area contributed by atoms with E-state index in [1.807, 2.05) is 0 Å². The summed E-state index contributed by atoms with van der Waals surface area (Å²) >= 11 is 11.8. The van der Waals surface area contributed by atoms with Gasteiger partial charge in [-0.05, 0) is 61.5 Å².